The molecule has 1 saturated heterocycles. The maximum absolute atomic E-state index is 14.2. The van der Waals surface area contributed by atoms with Crippen molar-refractivity contribution in [1.82, 2.24) is 26.2 Å². The average molecular weight is 652 g/mol. The molecule has 3 rings (SSSR count). The number of ketones is 1. The summed E-state index contributed by atoms with van der Waals surface area (Å²) in [7, 11) is -3.55. The highest BCUT2D eigenvalue weighted by Gasteiger charge is 2.69. The van der Waals surface area contributed by atoms with Gasteiger partial charge in [0.2, 0.25) is 17.6 Å². The Balaban J connectivity index is 1.79. The number of urea groups is 1. The number of fused-ring (bicyclic) bond motifs is 1. The first-order valence-electron chi connectivity index (χ1n) is 15.9. The van der Waals surface area contributed by atoms with Gasteiger partial charge in [-0.3, -0.25) is 19.2 Å². The maximum atomic E-state index is 14.2. The van der Waals surface area contributed by atoms with Crippen molar-refractivity contribution in [2.24, 2.45) is 22.7 Å². The minimum Gasteiger partial charge on any atom is -0.347 e. The zero-order chi connectivity index (χ0) is 34.2. The summed E-state index contributed by atoms with van der Waals surface area (Å²) in [6, 6.07) is -2.53. The van der Waals surface area contributed by atoms with E-state index in [4.69, 9.17) is 0 Å². The van der Waals surface area contributed by atoms with Gasteiger partial charge in [0.1, 0.15) is 12.1 Å². The van der Waals surface area contributed by atoms with Gasteiger partial charge in [-0.05, 0) is 56.3 Å². The summed E-state index contributed by atoms with van der Waals surface area (Å²) in [6.45, 7) is 17.8. The van der Waals surface area contributed by atoms with Crippen LogP contribution in [0.4, 0.5) is 4.79 Å². The van der Waals surface area contributed by atoms with E-state index < -0.39 is 73.7 Å². The SMILES string of the molecule is C=CCNC(=O)C(=O)CNC(=O)C1C2C(CN1C(=O)[C@@H](NC(=O)NC1(CS(=O)(=O)C(C)(C)C)CCCCC1)C(C)(C)C)C2(C)C. The number of nitrogens with one attached hydrogen (secondary N) is 4. The lowest BCUT2D eigenvalue weighted by atomic mass is 9.83. The topological polar surface area (TPSA) is 171 Å². The molecule has 1 heterocycles. The number of amides is 5. The first-order valence-corrected chi connectivity index (χ1v) is 17.5. The number of nitrogens with zero attached hydrogens (tertiary/aromatic N) is 1. The van der Waals surface area contributed by atoms with Crippen LogP contribution in [0.25, 0.3) is 0 Å². The van der Waals surface area contributed by atoms with Crippen LogP contribution in [-0.4, -0.2) is 90.6 Å². The molecule has 3 aliphatic rings. The molecule has 13 heteroatoms. The molecule has 4 atom stereocenters. The van der Waals surface area contributed by atoms with Gasteiger partial charge in [-0.2, -0.15) is 0 Å². The number of likely N-dealkylation sites (tertiary alicyclic amines) is 1. The molecule has 3 unspecified atom stereocenters. The van der Waals surface area contributed by atoms with Crippen LogP contribution in [0.1, 0.15) is 87.5 Å². The summed E-state index contributed by atoms with van der Waals surface area (Å²) in [5.41, 5.74) is -1.90. The Hall–Kier alpha value is -2.96. The Morgan fingerprint density at radius 1 is 0.978 bits per heavy atom. The Morgan fingerprint density at radius 2 is 1.58 bits per heavy atom. The minimum absolute atomic E-state index is 0.0614. The largest absolute Gasteiger partial charge is 0.347 e. The molecular weight excluding hydrogens is 598 g/mol. The third-order valence-electron chi connectivity index (χ3n) is 9.82. The summed E-state index contributed by atoms with van der Waals surface area (Å²) in [4.78, 5) is 67.0. The van der Waals surface area contributed by atoms with Gasteiger partial charge in [0.25, 0.3) is 5.91 Å². The van der Waals surface area contributed by atoms with Crippen LogP contribution in [0.5, 0.6) is 0 Å². The van der Waals surface area contributed by atoms with E-state index in [0.717, 1.165) is 19.3 Å². The second-order valence-electron chi connectivity index (χ2n) is 15.6. The fourth-order valence-electron chi connectivity index (χ4n) is 6.77. The van der Waals surface area contributed by atoms with E-state index in [-0.39, 0.29) is 29.5 Å². The molecule has 0 radical (unpaired) electrons. The smallest absolute Gasteiger partial charge is 0.315 e. The van der Waals surface area contributed by atoms with Gasteiger partial charge < -0.3 is 26.2 Å². The number of carbonyl (C=O) groups excluding carboxylic acids is 5. The summed E-state index contributed by atoms with van der Waals surface area (Å²) in [5.74, 6) is -2.90. The van der Waals surface area contributed by atoms with Gasteiger partial charge in [-0.25, -0.2) is 13.2 Å². The molecule has 45 heavy (non-hydrogen) atoms. The fraction of sp³-hybridized carbons (Fsp3) is 0.781. The van der Waals surface area contributed by atoms with E-state index in [1.54, 1.807) is 20.8 Å². The molecule has 0 aromatic rings. The maximum Gasteiger partial charge on any atom is 0.315 e. The van der Waals surface area contributed by atoms with E-state index in [0.29, 0.717) is 19.4 Å². The van der Waals surface area contributed by atoms with Crippen LogP contribution >= 0.6 is 0 Å². The highest BCUT2D eigenvalue weighted by atomic mass is 32.2. The zero-order valence-corrected chi connectivity index (χ0v) is 29.0. The van der Waals surface area contributed by atoms with Crippen LogP contribution < -0.4 is 21.3 Å². The van der Waals surface area contributed by atoms with Crippen LogP contribution in [0.2, 0.25) is 0 Å². The predicted octanol–water partition coefficient (Wildman–Crippen LogP) is 2.09. The molecule has 4 N–H and O–H groups in total. The van der Waals surface area contributed by atoms with Crippen LogP contribution in [0.3, 0.4) is 0 Å². The van der Waals surface area contributed by atoms with Gasteiger partial charge in [0.05, 0.1) is 22.6 Å². The monoisotopic (exact) mass is 651 g/mol. The van der Waals surface area contributed by atoms with Crippen molar-refractivity contribution in [3.8, 4) is 0 Å². The number of carbonyl (C=O) groups is 5. The van der Waals surface area contributed by atoms with E-state index >= 15 is 0 Å². The van der Waals surface area contributed by atoms with Crippen molar-refractivity contribution >= 4 is 39.4 Å². The fourth-order valence-corrected chi connectivity index (χ4v) is 8.29. The van der Waals surface area contributed by atoms with Crippen molar-refractivity contribution in [2.45, 2.75) is 110 Å². The number of sulfone groups is 1. The lowest BCUT2D eigenvalue weighted by Crippen LogP contribution is -2.64. The molecule has 0 aromatic carbocycles. The predicted molar refractivity (Wildman–Crippen MR) is 172 cm³/mol. The molecule has 0 spiro atoms. The van der Waals surface area contributed by atoms with Crippen molar-refractivity contribution < 1.29 is 32.4 Å². The minimum atomic E-state index is -3.55. The molecule has 12 nitrogen and oxygen atoms in total. The first kappa shape index (κ1) is 36.5. The molecule has 2 saturated carbocycles. The summed E-state index contributed by atoms with van der Waals surface area (Å²) < 4.78 is 25.5. The molecule has 2 aliphatic carbocycles. The lowest BCUT2D eigenvalue weighted by Gasteiger charge is -2.41. The van der Waals surface area contributed by atoms with Crippen molar-refractivity contribution in [2.75, 3.05) is 25.4 Å². The summed E-state index contributed by atoms with van der Waals surface area (Å²) >= 11 is 0. The van der Waals surface area contributed by atoms with Gasteiger partial charge in [0, 0.05) is 13.1 Å². The number of hydrogen-bond donors (Lipinski definition) is 4. The van der Waals surface area contributed by atoms with Crippen molar-refractivity contribution in [3.63, 3.8) is 0 Å². The second-order valence-corrected chi connectivity index (χ2v) is 18.4. The van der Waals surface area contributed by atoms with E-state index in [2.05, 4.69) is 27.8 Å². The van der Waals surface area contributed by atoms with Crippen molar-refractivity contribution in [3.05, 3.63) is 12.7 Å². The van der Waals surface area contributed by atoms with Crippen LogP contribution in [-0.2, 0) is 29.0 Å². The summed E-state index contributed by atoms with van der Waals surface area (Å²) in [5, 5.41) is 10.7. The van der Waals surface area contributed by atoms with Gasteiger partial charge in [-0.1, -0.05) is 60.0 Å². The van der Waals surface area contributed by atoms with E-state index in [1.807, 2.05) is 34.6 Å². The Bertz CT molecular complexity index is 1310. The van der Waals surface area contributed by atoms with Crippen molar-refractivity contribution in [1.29, 1.82) is 0 Å². The quantitative estimate of drug-likeness (QED) is 0.196. The average Bonchev–Trinajstić information content (AvgIpc) is 3.24. The summed E-state index contributed by atoms with van der Waals surface area (Å²) in [6.07, 6.45) is 4.98. The van der Waals surface area contributed by atoms with Gasteiger partial charge in [-0.15, -0.1) is 6.58 Å². The standard InChI is InChI=1S/C32H53N5O7S/c1-10-16-33-25(39)21(38)17-34-26(40)23-22-20(31(22,8)9)18-37(23)27(41)24(29(2,3)4)35-28(42)36-32(14-12-11-13-15-32)19-45(43,44)30(5,6)7/h10,20,22-24H,1,11-19H2,2-9H3,(H,33,39)(H,34,40)(H2,35,36,42)/t20?,22?,23?,24-/m1/s1. The lowest BCUT2D eigenvalue weighted by molar-refractivity contribution is -0.144. The molecule has 1 aliphatic heterocycles. The second kappa shape index (κ2) is 13.0. The molecular formula is C32H53N5O7S. The van der Waals surface area contributed by atoms with Gasteiger partial charge >= 0.3 is 6.03 Å². The highest BCUT2D eigenvalue weighted by Crippen LogP contribution is 2.65. The van der Waals surface area contributed by atoms with E-state index in [1.165, 1.54) is 11.0 Å². The number of Topliss-reactive ketones (excluding diaryl/α,β-unsaturated/α-hetero) is 1. The zero-order valence-electron chi connectivity index (χ0n) is 28.2. The first-order chi connectivity index (χ1) is 20.6. The molecule has 0 bridgehead atoms. The Kier molecular flexibility index (Phi) is 10.6. The number of hydrogen-bond acceptors (Lipinski definition) is 7. The number of piperidine rings is 1. The Labute approximate surface area is 268 Å². The third-order valence-corrected chi connectivity index (χ3v) is 12.6. The van der Waals surface area contributed by atoms with E-state index in [9.17, 15) is 32.4 Å². The van der Waals surface area contributed by atoms with Gasteiger partial charge in [0.15, 0.2) is 9.84 Å². The van der Waals surface area contributed by atoms with Crippen LogP contribution in [0.15, 0.2) is 12.7 Å². The molecule has 3 fully saturated rings. The normalized spacial score (nSPS) is 24.4. The number of rotatable bonds is 11. The molecule has 5 amide bonds. The molecule has 254 valence electrons. The molecule has 0 aromatic heterocycles. The van der Waals surface area contributed by atoms with Crippen LogP contribution in [0, 0.1) is 22.7 Å². The third kappa shape index (κ3) is 8.07. The highest BCUT2D eigenvalue weighted by molar-refractivity contribution is 7.92. The Morgan fingerprint density at radius 3 is 2.11 bits per heavy atom.